The average Bonchev–Trinajstić information content (AvgIpc) is 2.75. The quantitative estimate of drug-likeness (QED) is 0.543. The van der Waals surface area contributed by atoms with Gasteiger partial charge in [0.1, 0.15) is 6.29 Å². The van der Waals surface area contributed by atoms with Crippen molar-refractivity contribution in [3.05, 3.63) is 41.5 Å². The van der Waals surface area contributed by atoms with Crippen molar-refractivity contribution in [2.45, 2.75) is 12.2 Å². The summed E-state index contributed by atoms with van der Waals surface area (Å²) in [6, 6.07) is 8.30. The number of hydrogen-bond donors (Lipinski definition) is 1. The minimum absolute atomic E-state index is 0.0240. The topological polar surface area (TPSA) is 92.7 Å². The number of benzene rings is 2. The van der Waals surface area contributed by atoms with E-state index in [1.54, 1.807) is 30.3 Å². The van der Waals surface area contributed by atoms with E-state index in [1.807, 2.05) is 0 Å². The second kappa shape index (κ2) is 8.81. The molecule has 0 fully saturated rings. The number of fused-ring (bicyclic) bond motifs is 1. The fourth-order valence-corrected chi connectivity index (χ4v) is 2.97. The molecule has 1 N–H and O–H groups in total. The van der Waals surface area contributed by atoms with Crippen molar-refractivity contribution in [2.75, 3.05) is 34.7 Å². The van der Waals surface area contributed by atoms with Crippen molar-refractivity contribution in [3.8, 4) is 28.7 Å². The van der Waals surface area contributed by atoms with Crippen LogP contribution in [0.2, 0.25) is 0 Å². The van der Waals surface area contributed by atoms with E-state index < -0.39 is 12.2 Å². The molecule has 0 aliphatic carbocycles. The summed E-state index contributed by atoms with van der Waals surface area (Å²) in [5.41, 5.74) is 1.11. The highest BCUT2D eigenvalue weighted by atomic mass is 16.7. The van der Waals surface area contributed by atoms with E-state index in [9.17, 15) is 9.90 Å². The van der Waals surface area contributed by atoms with Gasteiger partial charge in [0.2, 0.25) is 5.75 Å². The first kappa shape index (κ1) is 19.8. The lowest BCUT2D eigenvalue weighted by atomic mass is 10.0. The Morgan fingerprint density at radius 1 is 1.04 bits per heavy atom. The fourth-order valence-electron chi connectivity index (χ4n) is 2.97. The Labute approximate surface area is 162 Å². The molecule has 2 unspecified atom stereocenters. The third-order valence-corrected chi connectivity index (χ3v) is 4.29. The van der Waals surface area contributed by atoms with E-state index >= 15 is 0 Å². The Morgan fingerprint density at radius 2 is 1.75 bits per heavy atom. The zero-order valence-electron chi connectivity index (χ0n) is 15.8. The summed E-state index contributed by atoms with van der Waals surface area (Å²) in [7, 11) is 4.52. The lowest BCUT2D eigenvalue weighted by Crippen LogP contribution is -2.36. The minimum atomic E-state index is -0.658. The van der Waals surface area contributed by atoms with Crippen LogP contribution in [0, 0.1) is 0 Å². The fraction of sp³-hybridized carbons (Fsp3) is 0.350. The van der Waals surface area contributed by atoms with Crippen LogP contribution in [0.4, 0.5) is 0 Å². The van der Waals surface area contributed by atoms with Gasteiger partial charge in [-0.2, -0.15) is 0 Å². The van der Waals surface area contributed by atoms with E-state index in [0.29, 0.717) is 39.9 Å². The maximum absolute atomic E-state index is 11.1. The van der Waals surface area contributed by atoms with Gasteiger partial charge in [-0.05, 0) is 30.3 Å². The molecule has 1 heterocycles. The van der Waals surface area contributed by atoms with Gasteiger partial charge >= 0.3 is 0 Å². The van der Waals surface area contributed by atoms with Gasteiger partial charge in [-0.1, -0.05) is 0 Å². The van der Waals surface area contributed by atoms with E-state index in [2.05, 4.69) is 0 Å². The number of aldehydes is 1. The zero-order chi connectivity index (χ0) is 20.1. The number of methoxy groups -OCH3 is 3. The van der Waals surface area contributed by atoms with Crippen LogP contribution in [0.1, 0.15) is 22.0 Å². The second-order valence-electron chi connectivity index (χ2n) is 6.01. The molecule has 0 radical (unpaired) electrons. The van der Waals surface area contributed by atoms with E-state index in [4.69, 9.17) is 28.4 Å². The number of ether oxygens (including phenoxy) is 6. The van der Waals surface area contributed by atoms with Crippen molar-refractivity contribution in [3.63, 3.8) is 0 Å². The molecule has 0 saturated heterocycles. The van der Waals surface area contributed by atoms with Gasteiger partial charge in [-0.25, -0.2) is 0 Å². The monoisotopic (exact) mass is 390 g/mol. The van der Waals surface area contributed by atoms with Crippen molar-refractivity contribution < 1.29 is 38.3 Å². The smallest absolute Gasteiger partial charge is 0.206 e. The number of aliphatic hydroxyl groups is 1. The summed E-state index contributed by atoms with van der Waals surface area (Å²) in [5.74, 6) is 2.09. The van der Waals surface area contributed by atoms with Crippen molar-refractivity contribution >= 4 is 6.29 Å². The van der Waals surface area contributed by atoms with Crippen LogP contribution >= 0.6 is 0 Å². The molecule has 2 aromatic carbocycles. The summed E-state index contributed by atoms with van der Waals surface area (Å²) in [6.07, 6.45) is -0.585. The molecule has 8 nitrogen and oxygen atoms in total. The molecule has 0 amide bonds. The minimum Gasteiger partial charge on any atom is -0.493 e. The molecule has 2 atom stereocenters. The zero-order valence-corrected chi connectivity index (χ0v) is 15.8. The van der Waals surface area contributed by atoms with E-state index in [0.717, 1.165) is 6.29 Å². The van der Waals surface area contributed by atoms with Crippen LogP contribution < -0.4 is 23.7 Å². The lowest BCUT2D eigenvalue weighted by molar-refractivity contribution is -0.0126. The van der Waals surface area contributed by atoms with Gasteiger partial charge in [0.15, 0.2) is 42.0 Å². The largest absolute Gasteiger partial charge is 0.493 e. The highest BCUT2D eigenvalue weighted by molar-refractivity contribution is 5.76. The molecule has 1 aliphatic rings. The Bertz CT molecular complexity index is 810. The Hall–Kier alpha value is -2.97. The molecule has 8 heteroatoms. The second-order valence-corrected chi connectivity index (χ2v) is 6.01. The predicted octanol–water partition coefficient (Wildman–Crippen LogP) is 2.37. The molecule has 150 valence electrons. The average molecular weight is 390 g/mol. The van der Waals surface area contributed by atoms with Crippen LogP contribution in [0.15, 0.2) is 30.3 Å². The summed E-state index contributed by atoms with van der Waals surface area (Å²) in [4.78, 5) is 11.1. The molecular formula is C20H22O8. The summed E-state index contributed by atoms with van der Waals surface area (Å²) >= 11 is 0. The Balaban J connectivity index is 2.01. The van der Waals surface area contributed by atoms with Crippen LogP contribution in [0.3, 0.4) is 0 Å². The normalized spacial score (nSPS) is 17.7. The third kappa shape index (κ3) is 3.83. The molecule has 0 spiro atoms. The van der Waals surface area contributed by atoms with Gasteiger partial charge in [0.05, 0.1) is 20.8 Å². The van der Waals surface area contributed by atoms with Crippen LogP contribution in [0.25, 0.3) is 0 Å². The Kier molecular flexibility index (Phi) is 6.23. The number of carbonyl (C=O) groups excluding carboxylic acids is 1. The van der Waals surface area contributed by atoms with E-state index in [-0.39, 0.29) is 13.4 Å². The van der Waals surface area contributed by atoms with Gasteiger partial charge < -0.3 is 33.5 Å². The molecule has 0 saturated carbocycles. The summed E-state index contributed by atoms with van der Waals surface area (Å²) < 4.78 is 33.3. The number of carbonyl (C=O) groups is 1. The third-order valence-electron chi connectivity index (χ3n) is 4.29. The van der Waals surface area contributed by atoms with Gasteiger partial charge in [0, 0.05) is 18.2 Å². The SMILES string of the molecule is COCOc1c(OC)cc(C2Oc3cc(C=O)ccc3OC2CO)cc1OC. The van der Waals surface area contributed by atoms with Crippen LogP contribution in [-0.4, -0.2) is 52.2 Å². The number of hydrogen-bond acceptors (Lipinski definition) is 8. The maximum Gasteiger partial charge on any atom is 0.206 e. The van der Waals surface area contributed by atoms with Crippen molar-refractivity contribution in [1.29, 1.82) is 0 Å². The van der Waals surface area contributed by atoms with Crippen LogP contribution in [-0.2, 0) is 4.74 Å². The molecule has 0 aromatic heterocycles. The first-order valence-corrected chi connectivity index (χ1v) is 8.56. The van der Waals surface area contributed by atoms with Crippen molar-refractivity contribution in [1.82, 2.24) is 0 Å². The number of rotatable bonds is 8. The van der Waals surface area contributed by atoms with Crippen LogP contribution in [0.5, 0.6) is 28.7 Å². The first-order chi connectivity index (χ1) is 13.6. The molecule has 3 rings (SSSR count). The van der Waals surface area contributed by atoms with Crippen molar-refractivity contribution in [2.24, 2.45) is 0 Å². The molecule has 1 aliphatic heterocycles. The lowest BCUT2D eigenvalue weighted by Gasteiger charge is -2.33. The number of aliphatic hydroxyl groups excluding tert-OH is 1. The molecule has 28 heavy (non-hydrogen) atoms. The predicted molar refractivity (Wildman–Crippen MR) is 98.8 cm³/mol. The standard InChI is InChI=1S/C20H22O8/c1-23-11-26-20-16(24-2)7-13(8-17(20)25-3)19-18(10-22)27-14-5-4-12(9-21)6-15(14)28-19/h4-9,18-19,22H,10-11H2,1-3H3. The van der Waals surface area contributed by atoms with Gasteiger partial charge in [-0.3, -0.25) is 4.79 Å². The van der Waals surface area contributed by atoms with Gasteiger partial charge in [-0.15, -0.1) is 0 Å². The van der Waals surface area contributed by atoms with E-state index in [1.165, 1.54) is 21.3 Å². The molecule has 2 aromatic rings. The Morgan fingerprint density at radius 3 is 2.32 bits per heavy atom. The highest BCUT2D eigenvalue weighted by Gasteiger charge is 2.34. The molecular weight excluding hydrogens is 368 g/mol. The highest BCUT2D eigenvalue weighted by Crippen LogP contribution is 2.44. The van der Waals surface area contributed by atoms with Gasteiger partial charge in [0.25, 0.3) is 0 Å². The summed E-state index contributed by atoms with van der Waals surface area (Å²) in [6.45, 7) is -0.248. The molecule has 0 bridgehead atoms. The first-order valence-electron chi connectivity index (χ1n) is 8.56. The maximum atomic E-state index is 11.1. The summed E-state index contributed by atoms with van der Waals surface area (Å²) in [5, 5.41) is 9.81.